The molecule has 6 nitrogen and oxygen atoms in total. The molecule has 1 saturated carbocycles. The molecule has 0 bridgehead atoms. The second-order valence-corrected chi connectivity index (χ2v) is 7.44. The Bertz CT molecular complexity index is 436. The van der Waals surface area contributed by atoms with Crippen LogP contribution in [0.4, 0.5) is 0 Å². The summed E-state index contributed by atoms with van der Waals surface area (Å²) < 4.78 is 0. The molecule has 152 valence electrons. The predicted octanol–water partition coefficient (Wildman–Crippen LogP) is 2.46. The monoisotopic (exact) mass is 389 g/mol. The summed E-state index contributed by atoms with van der Waals surface area (Å²) in [7, 11) is 0. The van der Waals surface area contributed by atoms with Crippen molar-refractivity contribution in [2.24, 2.45) is 0 Å². The van der Waals surface area contributed by atoms with Gasteiger partial charge in [-0.15, -0.1) is 12.4 Å². The molecule has 0 aromatic rings. The summed E-state index contributed by atoms with van der Waals surface area (Å²) in [5.41, 5.74) is 0. The van der Waals surface area contributed by atoms with Crippen molar-refractivity contribution in [2.45, 2.75) is 70.9 Å². The molecule has 0 unspecified atom stereocenters. The molecule has 1 amide bonds. The molecule has 0 atom stereocenters. The lowest BCUT2D eigenvalue weighted by atomic mass is 9.94. The summed E-state index contributed by atoms with van der Waals surface area (Å²) in [4.78, 5) is 30.1. The van der Waals surface area contributed by atoms with E-state index >= 15 is 0 Å². The highest BCUT2D eigenvalue weighted by Gasteiger charge is 2.29. The van der Waals surface area contributed by atoms with Gasteiger partial charge >= 0.3 is 5.97 Å². The summed E-state index contributed by atoms with van der Waals surface area (Å²) in [5, 5.41) is 9.03. The van der Waals surface area contributed by atoms with E-state index in [2.05, 4.69) is 16.7 Å². The second-order valence-electron chi connectivity index (χ2n) is 7.44. The normalized spacial score (nSPS) is 20.0. The summed E-state index contributed by atoms with van der Waals surface area (Å²) in [5.74, 6) is -0.490. The molecular weight excluding hydrogens is 354 g/mol. The third-order valence-corrected chi connectivity index (χ3v) is 5.85. The minimum Gasteiger partial charge on any atom is -0.480 e. The van der Waals surface area contributed by atoms with Crippen LogP contribution in [0.1, 0.15) is 58.8 Å². The maximum Gasteiger partial charge on any atom is 0.317 e. The third kappa shape index (κ3) is 6.71. The van der Waals surface area contributed by atoms with Crippen molar-refractivity contribution in [1.29, 1.82) is 0 Å². The Balaban J connectivity index is 0.00000338. The highest BCUT2D eigenvalue weighted by molar-refractivity contribution is 5.85. The Kier molecular flexibility index (Phi) is 10.5. The maximum absolute atomic E-state index is 12.8. The Hall–Kier alpha value is -0.850. The SMILES string of the molecule is CCN(CC(=O)O)C1CCN(CC(=O)N(CC)C2CCCCC2)CC1.Cl. The minimum absolute atomic E-state index is 0. The van der Waals surface area contributed by atoms with Crippen molar-refractivity contribution in [3.8, 4) is 0 Å². The number of carboxylic acids is 1. The smallest absolute Gasteiger partial charge is 0.317 e. The molecule has 0 spiro atoms. The molecule has 1 aliphatic carbocycles. The summed E-state index contributed by atoms with van der Waals surface area (Å²) in [6, 6.07) is 0.767. The number of halogens is 1. The van der Waals surface area contributed by atoms with Crippen molar-refractivity contribution in [3.63, 3.8) is 0 Å². The number of rotatable bonds is 8. The molecule has 1 heterocycles. The number of hydrogen-bond acceptors (Lipinski definition) is 4. The van der Waals surface area contributed by atoms with Crippen LogP contribution in [0.25, 0.3) is 0 Å². The predicted molar refractivity (Wildman–Crippen MR) is 106 cm³/mol. The Morgan fingerprint density at radius 3 is 2.08 bits per heavy atom. The lowest BCUT2D eigenvalue weighted by molar-refractivity contribution is -0.139. The van der Waals surface area contributed by atoms with Gasteiger partial charge in [0.15, 0.2) is 0 Å². The number of carbonyl (C=O) groups is 2. The van der Waals surface area contributed by atoms with Gasteiger partial charge in [-0.05, 0) is 39.2 Å². The average molecular weight is 390 g/mol. The van der Waals surface area contributed by atoms with Gasteiger partial charge in [0.2, 0.25) is 5.91 Å². The Morgan fingerprint density at radius 2 is 1.58 bits per heavy atom. The Labute approximate surface area is 164 Å². The highest BCUT2D eigenvalue weighted by Crippen LogP contribution is 2.23. The quantitative estimate of drug-likeness (QED) is 0.690. The van der Waals surface area contributed by atoms with Crippen LogP contribution in [0.15, 0.2) is 0 Å². The van der Waals surface area contributed by atoms with E-state index in [1.54, 1.807) is 0 Å². The van der Waals surface area contributed by atoms with Gasteiger partial charge in [0, 0.05) is 31.7 Å². The molecule has 1 aliphatic heterocycles. The lowest BCUT2D eigenvalue weighted by Crippen LogP contribution is -2.50. The van der Waals surface area contributed by atoms with Crippen LogP contribution in [-0.2, 0) is 9.59 Å². The van der Waals surface area contributed by atoms with Crippen molar-refractivity contribution in [1.82, 2.24) is 14.7 Å². The first-order valence-corrected chi connectivity index (χ1v) is 10.0. The first kappa shape index (κ1) is 23.2. The van der Waals surface area contributed by atoms with Crippen LogP contribution in [0.3, 0.4) is 0 Å². The summed E-state index contributed by atoms with van der Waals surface area (Å²) in [6.07, 6.45) is 8.01. The van der Waals surface area contributed by atoms with Crippen LogP contribution in [0, 0.1) is 0 Å². The maximum atomic E-state index is 12.8. The number of hydrogen-bond donors (Lipinski definition) is 1. The molecule has 2 fully saturated rings. The van der Waals surface area contributed by atoms with E-state index in [9.17, 15) is 9.59 Å². The zero-order valence-electron chi connectivity index (χ0n) is 16.4. The van der Waals surface area contributed by atoms with Gasteiger partial charge in [-0.3, -0.25) is 19.4 Å². The fraction of sp³-hybridized carbons (Fsp3) is 0.895. The average Bonchev–Trinajstić information content (AvgIpc) is 2.62. The molecule has 1 saturated heterocycles. The molecule has 0 aromatic heterocycles. The van der Waals surface area contributed by atoms with Crippen molar-refractivity contribution < 1.29 is 14.7 Å². The molecule has 2 aliphatic rings. The van der Waals surface area contributed by atoms with Gasteiger partial charge in [-0.2, -0.15) is 0 Å². The zero-order valence-corrected chi connectivity index (χ0v) is 17.2. The minimum atomic E-state index is -0.759. The molecular formula is C19H36ClN3O3. The standard InChI is InChI=1S/C19H35N3O3.ClH/c1-3-21(15-19(24)25)16-10-12-20(13-11-16)14-18(23)22(4-2)17-8-6-5-7-9-17;/h16-17H,3-15H2,1-2H3,(H,24,25);1H. The van der Waals surface area contributed by atoms with Gasteiger partial charge in [0.25, 0.3) is 0 Å². The van der Waals surface area contributed by atoms with Crippen LogP contribution in [0.2, 0.25) is 0 Å². The van der Waals surface area contributed by atoms with Gasteiger partial charge in [-0.25, -0.2) is 0 Å². The fourth-order valence-corrected chi connectivity index (χ4v) is 4.43. The number of likely N-dealkylation sites (tertiary alicyclic amines) is 1. The first-order valence-electron chi connectivity index (χ1n) is 10.0. The molecule has 7 heteroatoms. The number of carbonyl (C=O) groups excluding carboxylic acids is 1. The van der Waals surface area contributed by atoms with E-state index in [4.69, 9.17) is 5.11 Å². The van der Waals surface area contributed by atoms with Crippen LogP contribution in [-0.4, -0.2) is 83.0 Å². The Morgan fingerprint density at radius 1 is 0.962 bits per heavy atom. The zero-order chi connectivity index (χ0) is 18.2. The van der Waals surface area contributed by atoms with E-state index in [1.807, 2.05) is 11.8 Å². The lowest BCUT2D eigenvalue weighted by Gasteiger charge is -2.39. The van der Waals surface area contributed by atoms with Crippen molar-refractivity contribution in [2.75, 3.05) is 39.3 Å². The molecule has 26 heavy (non-hydrogen) atoms. The largest absolute Gasteiger partial charge is 0.480 e. The van der Waals surface area contributed by atoms with Crippen molar-refractivity contribution >= 4 is 24.3 Å². The third-order valence-electron chi connectivity index (χ3n) is 5.85. The van der Waals surface area contributed by atoms with Crippen molar-refractivity contribution in [3.05, 3.63) is 0 Å². The van der Waals surface area contributed by atoms with E-state index < -0.39 is 5.97 Å². The number of piperidine rings is 1. The molecule has 0 aromatic carbocycles. The highest BCUT2D eigenvalue weighted by atomic mass is 35.5. The fourth-order valence-electron chi connectivity index (χ4n) is 4.43. The van der Waals surface area contributed by atoms with E-state index in [-0.39, 0.29) is 24.9 Å². The molecule has 1 N–H and O–H groups in total. The van der Waals surface area contributed by atoms with E-state index in [1.165, 1.54) is 19.3 Å². The van der Waals surface area contributed by atoms with E-state index in [0.717, 1.165) is 51.9 Å². The van der Waals surface area contributed by atoms with Crippen LogP contribution >= 0.6 is 12.4 Å². The van der Waals surface area contributed by atoms with Crippen LogP contribution in [0.5, 0.6) is 0 Å². The van der Waals surface area contributed by atoms with Crippen LogP contribution < -0.4 is 0 Å². The molecule has 2 rings (SSSR count). The first-order chi connectivity index (χ1) is 12.0. The van der Waals surface area contributed by atoms with Gasteiger partial charge in [-0.1, -0.05) is 26.2 Å². The number of aliphatic carboxylic acids is 1. The van der Waals surface area contributed by atoms with Gasteiger partial charge < -0.3 is 10.0 Å². The van der Waals surface area contributed by atoms with Gasteiger partial charge in [0.1, 0.15) is 0 Å². The summed E-state index contributed by atoms with van der Waals surface area (Å²) >= 11 is 0. The number of likely N-dealkylation sites (N-methyl/N-ethyl adjacent to an activating group) is 2. The number of nitrogens with zero attached hydrogens (tertiary/aromatic N) is 3. The van der Waals surface area contributed by atoms with Gasteiger partial charge in [0.05, 0.1) is 13.1 Å². The number of carboxylic acid groups (broad SMARTS) is 1. The second kappa shape index (κ2) is 11.8. The summed E-state index contributed by atoms with van der Waals surface area (Å²) in [6.45, 7) is 8.08. The topological polar surface area (TPSA) is 64.1 Å². The number of amides is 1. The van der Waals surface area contributed by atoms with E-state index in [0.29, 0.717) is 18.6 Å². The molecule has 0 radical (unpaired) electrons.